The summed E-state index contributed by atoms with van der Waals surface area (Å²) in [5.74, 6) is -2.04. The third-order valence-corrected chi connectivity index (χ3v) is 3.89. The Morgan fingerprint density at radius 3 is 2.57 bits per heavy atom. The predicted molar refractivity (Wildman–Crippen MR) is 77.9 cm³/mol. The van der Waals surface area contributed by atoms with Crippen LogP contribution in [0.1, 0.15) is 21.5 Å². The van der Waals surface area contributed by atoms with Crippen LogP contribution in [0.4, 0.5) is 14.5 Å². The van der Waals surface area contributed by atoms with Crippen molar-refractivity contribution in [2.45, 2.75) is 13.0 Å². The number of nitro benzene ring substituents is 1. The largest absolute Gasteiger partial charge is 0.334 e. The minimum absolute atomic E-state index is 0.0224. The first kappa shape index (κ1) is 15.1. The van der Waals surface area contributed by atoms with Gasteiger partial charge in [-0.1, -0.05) is 18.2 Å². The van der Waals surface area contributed by atoms with E-state index >= 15 is 0 Å². The second-order valence-corrected chi connectivity index (χ2v) is 5.25. The number of carbonyl (C=O) groups is 1. The minimum atomic E-state index is -0.779. The van der Waals surface area contributed by atoms with Crippen LogP contribution in [0.5, 0.6) is 0 Å². The molecule has 1 amide bonds. The molecule has 0 saturated heterocycles. The topological polar surface area (TPSA) is 63.5 Å². The Hall–Kier alpha value is -2.83. The zero-order valence-corrected chi connectivity index (χ0v) is 12.0. The van der Waals surface area contributed by atoms with E-state index in [0.29, 0.717) is 5.56 Å². The van der Waals surface area contributed by atoms with Crippen LogP contribution in [-0.4, -0.2) is 22.3 Å². The number of rotatable bonds is 3. The molecule has 2 aromatic carbocycles. The zero-order valence-electron chi connectivity index (χ0n) is 12.0. The number of benzene rings is 2. The lowest BCUT2D eigenvalue weighted by atomic mass is 9.97. The fourth-order valence-electron chi connectivity index (χ4n) is 2.76. The molecule has 5 nitrogen and oxygen atoms in total. The monoisotopic (exact) mass is 318 g/mol. The van der Waals surface area contributed by atoms with Crippen LogP contribution in [0.15, 0.2) is 36.4 Å². The molecule has 0 unspecified atom stereocenters. The quantitative estimate of drug-likeness (QED) is 0.645. The molecule has 0 bridgehead atoms. The molecule has 0 radical (unpaired) electrons. The van der Waals surface area contributed by atoms with Crippen LogP contribution in [0.25, 0.3) is 0 Å². The van der Waals surface area contributed by atoms with Crippen molar-refractivity contribution in [2.75, 3.05) is 6.54 Å². The number of nitro groups is 1. The predicted octanol–water partition coefficient (Wildman–Crippen LogP) is 3.07. The molecule has 118 valence electrons. The van der Waals surface area contributed by atoms with Gasteiger partial charge in [0.25, 0.3) is 11.6 Å². The molecule has 0 atom stereocenters. The van der Waals surface area contributed by atoms with E-state index in [9.17, 15) is 23.7 Å². The zero-order chi connectivity index (χ0) is 16.6. The van der Waals surface area contributed by atoms with Crippen molar-refractivity contribution in [2.24, 2.45) is 0 Å². The summed E-state index contributed by atoms with van der Waals surface area (Å²) in [5, 5.41) is 11.0. The van der Waals surface area contributed by atoms with E-state index in [2.05, 4.69) is 0 Å². The summed E-state index contributed by atoms with van der Waals surface area (Å²) in [6, 6.07) is 7.97. The first-order valence-corrected chi connectivity index (χ1v) is 6.97. The highest BCUT2D eigenvalue weighted by molar-refractivity contribution is 5.97. The fourth-order valence-corrected chi connectivity index (χ4v) is 2.76. The number of carbonyl (C=O) groups excluding carboxylic acids is 1. The molecule has 3 rings (SSSR count). The van der Waals surface area contributed by atoms with Gasteiger partial charge in [-0.15, -0.1) is 0 Å². The summed E-state index contributed by atoms with van der Waals surface area (Å²) in [6.07, 6.45) is 0.172. The molecule has 0 aliphatic carbocycles. The number of halogens is 2. The van der Waals surface area contributed by atoms with Gasteiger partial charge in [0.1, 0.15) is 11.6 Å². The van der Waals surface area contributed by atoms with E-state index in [-0.39, 0.29) is 36.3 Å². The Balaban J connectivity index is 1.94. The molecule has 2 aromatic rings. The highest BCUT2D eigenvalue weighted by Gasteiger charge is 2.30. The average Bonchev–Trinajstić information content (AvgIpc) is 2.53. The molecular weight excluding hydrogens is 306 g/mol. The number of hydrogen-bond acceptors (Lipinski definition) is 3. The summed E-state index contributed by atoms with van der Waals surface area (Å²) < 4.78 is 27.6. The first-order valence-electron chi connectivity index (χ1n) is 6.97. The lowest BCUT2D eigenvalue weighted by molar-refractivity contribution is -0.385. The normalized spacial score (nSPS) is 13.8. The van der Waals surface area contributed by atoms with Gasteiger partial charge in [0.15, 0.2) is 0 Å². The molecule has 0 aromatic heterocycles. The van der Waals surface area contributed by atoms with Crippen LogP contribution in [0.3, 0.4) is 0 Å². The van der Waals surface area contributed by atoms with Crippen molar-refractivity contribution in [3.05, 3.63) is 74.8 Å². The van der Waals surface area contributed by atoms with Crippen molar-refractivity contribution in [1.82, 2.24) is 4.90 Å². The Labute approximate surface area is 130 Å². The Bertz CT molecular complexity index is 808. The SMILES string of the molecule is O=C1c2c(F)ccc(F)c2CCN1Cc1ccccc1[N+](=O)[O-]. The third-order valence-electron chi connectivity index (χ3n) is 3.89. The number of amides is 1. The average molecular weight is 318 g/mol. The maximum atomic E-state index is 13.9. The van der Waals surface area contributed by atoms with E-state index < -0.39 is 22.5 Å². The highest BCUT2D eigenvalue weighted by Crippen LogP contribution is 2.27. The molecule has 0 saturated carbocycles. The molecule has 7 heteroatoms. The van der Waals surface area contributed by atoms with Crippen molar-refractivity contribution >= 4 is 11.6 Å². The lowest BCUT2D eigenvalue weighted by Crippen LogP contribution is -2.38. The van der Waals surface area contributed by atoms with E-state index in [0.717, 1.165) is 12.1 Å². The Morgan fingerprint density at radius 2 is 1.83 bits per heavy atom. The van der Waals surface area contributed by atoms with E-state index in [1.165, 1.54) is 17.0 Å². The van der Waals surface area contributed by atoms with Gasteiger partial charge in [-0.05, 0) is 18.6 Å². The van der Waals surface area contributed by atoms with Gasteiger partial charge in [-0.25, -0.2) is 8.78 Å². The summed E-state index contributed by atoms with van der Waals surface area (Å²) in [7, 11) is 0. The maximum absolute atomic E-state index is 13.9. The number of hydrogen-bond donors (Lipinski definition) is 0. The summed E-state index contributed by atoms with van der Waals surface area (Å²) in [4.78, 5) is 24.2. The van der Waals surface area contributed by atoms with Crippen molar-refractivity contribution < 1.29 is 18.5 Å². The van der Waals surface area contributed by atoms with Gasteiger partial charge >= 0.3 is 0 Å². The summed E-state index contributed by atoms with van der Waals surface area (Å²) in [6.45, 7) is 0.156. The highest BCUT2D eigenvalue weighted by atomic mass is 19.1. The molecule has 0 spiro atoms. The third kappa shape index (κ3) is 2.65. The molecule has 23 heavy (non-hydrogen) atoms. The number of fused-ring (bicyclic) bond motifs is 1. The molecule has 0 N–H and O–H groups in total. The van der Waals surface area contributed by atoms with Crippen LogP contribution >= 0.6 is 0 Å². The van der Waals surface area contributed by atoms with Crippen LogP contribution < -0.4 is 0 Å². The van der Waals surface area contributed by atoms with Gasteiger partial charge in [0.05, 0.1) is 17.0 Å². The van der Waals surface area contributed by atoms with Gasteiger partial charge in [0, 0.05) is 23.7 Å². The van der Waals surface area contributed by atoms with Gasteiger partial charge < -0.3 is 4.90 Å². The van der Waals surface area contributed by atoms with E-state index in [1.807, 2.05) is 0 Å². The van der Waals surface area contributed by atoms with Crippen LogP contribution in [0.2, 0.25) is 0 Å². The Morgan fingerprint density at radius 1 is 1.13 bits per heavy atom. The number of nitrogens with zero attached hydrogens (tertiary/aromatic N) is 2. The minimum Gasteiger partial charge on any atom is -0.334 e. The second-order valence-electron chi connectivity index (χ2n) is 5.25. The second kappa shape index (κ2) is 5.75. The standard InChI is InChI=1S/C16H12F2N2O3/c17-12-5-6-13(18)15-11(12)7-8-19(16(15)21)9-10-3-1-2-4-14(10)20(22)23/h1-6H,7-9H2. The van der Waals surface area contributed by atoms with Crippen molar-refractivity contribution in [3.8, 4) is 0 Å². The molecular formula is C16H12F2N2O3. The van der Waals surface area contributed by atoms with Crippen molar-refractivity contribution in [3.63, 3.8) is 0 Å². The summed E-state index contributed by atoms with van der Waals surface area (Å²) >= 11 is 0. The number of para-hydroxylation sites is 1. The molecule has 1 aliphatic rings. The lowest BCUT2D eigenvalue weighted by Gasteiger charge is -2.29. The molecule has 1 aliphatic heterocycles. The maximum Gasteiger partial charge on any atom is 0.274 e. The van der Waals surface area contributed by atoms with Crippen LogP contribution in [-0.2, 0) is 13.0 Å². The van der Waals surface area contributed by atoms with Crippen LogP contribution in [0, 0.1) is 21.7 Å². The summed E-state index contributed by atoms with van der Waals surface area (Å²) in [5.41, 5.74) is 0.0283. The van der Waals surface area contributed by atoms with Gasteiger partial charge in [-0.3, -0.25) is 14.9 Å². The van der Waals surface area contributed by atoms with Crippen molar-refractivity contribution in [1.29, 1.82) is 0 Å². The van der Waals surface area contributed by atoms with Gasteiger partial charge in [0.2, 0.25) is 0 Å². The fraction of sp³-hybridized carbons (Fsp3) is 0.188. The van der Waals surface area contributed by atoms with Gasteiger partial charge in [-0.2, -0.15) is 0 Å². The molecule has 1 heterocycles. The van der Waals surface area contributed by atoms with E-state index in [4.69, 9.17) is 0 Å². The Kier molecular flexibility index (Phi) is 3.77. The first-order chi connectivity index (χ1) is 11.0. The molecule has 0 fully saturated rings. The van der Waals surface area contributed by atoms with E-state index in [1.54, 1.807) is 12.1 Å². The smallest absolute Gasteiger partial charge is 0.274 e.